The van der Waals surface area contributed by atoms with Crippen LogP contribution in [0.15, 0.2) is 0 Å². The van der Waals surface area contributed by atoms with Gasteiger partial charge in [0.25, 0.3) is 0 Å². The van der Waals surface area contributed by atoms with Gasteiger partial charge in [0, 0.05) is 56.9 Å². The number of carbonyl (C=O) groups excluding carboxylic acids is 6. The van der Waals surface area contributed by atoms with Crippen molar-refractivity contribution >= 4 is 35.8 Å². The fraction of sp³-hybridized carbons (Fsp3) is 0.750. The molecule has 0 heterocycles. The maximum Gasteiger partial charge on any atom is 0.0445 e. The zero-order chi connectivity index (χ0) is 27.4. The molecule has 0 radical (unpaired) electrons. The van der Waals surface area contributed by atoms with Gasteiger partial charge >= 0.3 is 0 Å². The molecular formula is C24H30MoO12-6. The van der Waals surface area contributed by atoms with E-state index in [4.69, 9.17) is 0 Å². The predicted molar refractivity (Wildman–Crippen MR) is 106 cm³/mol. The second kappa shape index (κ2) is 17.1. The summed E-state index contributed by atoms with van der Waals surface area (Å²) in [7, 11) is 0. The van der Waals surface area contributed by atoms with Gasteiger partial charge in [0.2, 0.25) is 0 Å². The van der Waals surface area contributed by atoms with Gasteiger partial charge in [-0.1, -0.05) is 0 Å². The quantitative estimate of drug-likeness (QED) is 0.258. The van der Waals surface area contributed by atoms with Crippen molar-refractivity contribution in [3.8, 4) is 0 Å². The molecule has 0 spiro atoms. The number of aliphatic carboxylic acids is 6. The van der Waals surface area contributed by atoms with Crippen LogP contribution in [0, 0.1) is 35.5 Å². The van der Waals surface area contributed by atoms with Gasteiger partial charge in [0.1, 0.15) is 0 Å². The largest absolute Gasteiger partial charge is 0.550 e. The van der Waals surface area contributed by atoms with Crippen LogP contribution >= 0.6 is 0 Å². The Morgan fingerprint density at radius 2 is 0.378 bits per heavy atom. The van der Waals surface area contributed by atoms with Crippen LogP contribution in [0.1, 0.15) is 77.0 Å². The van der Waals surface area contributed by atoms with E-state index in [1.165, 1.54) is 0 Å². The number of hydrogen-bond acceptors (Lipinski definition) is 12. The first-order chi connectivity index (χ1) is 16.8. The van der Waals surface area contributed by atoms with E-state index < -0.39 is 71.3 Å². The zero-order valence-electron chi connectivity index (χ0n) is 20.3. The molecule has 3 rings (SSSR count). The maximum atomic E-state index is 10.4. The second-order valence-electron chi connectivity index (χ2n) is 9.56. The van der Waals surface area contributed by atoms with Crippen molar-refractivity contribution in [3.05, 3.63) is 0 Å². The summed E-state index contributed by atoms with van der Waals surface area (Å²) in [5, 5.41) is 62.1. The molecule has 12 nitrogen and oxygen atoms in total. The number of rotatable bonds is 6. The fourth-order valence-electron chi connectivity index (χ4n) is 4.69. The van der Waals surface area contributed by atoms with Gasteiger partial charge < -0.3 is 59.4 Å². The SMILES string of the molecule is O=C([O-])C1CCC(C(=O)[O-])CC1.O=C([O-])C1CCC(C(=O)[O-])CC1.O=C([O-])C1CCC(C(=O)[O-])CC1.[Mo]. The molecule has 210 valence electrons. The number of carboxylic acid groups (broad SMARTS) is 6. The van der Waals surface area contributed by atoms with Crippen LogP contribution in [0.25, 0.3) is 0 Å². The molecule has 3 saturated carbocycles. The molecule has 0 saturated heterocycles. The van der Waals surface area contributed by atoms with Crippen LogP contribution in [-0.4, -0.2) is 35.8 Å². The van der Waals surface area contributed by atoms with Crippen LogP contribution < -0.4 is 30.6 Å². The Balaban J connectivity index is 0.000000518. The minimum Gasteiger partial charge on any atom is -0.550 e. The molecule has 0 aromatic carbocycles. The summed E-state index contributed by atoms with van der Waals surface area (Å²) in [5.41, 5.74) is 0. The Kier molecular flexibility index (Phi) is 15.9. The Labute approximate surface area is 228 Å². The third kappa shape index (κ3) is 12.5. The number of carboxylic acids is 6. The van der Waals surface area contributed by atoms with Crippen molar-refractivity contribution in [3.63, 3.8) is 0 Å². The second-order valence-corrected chi connectivity index (χ2v) is 9.56. The van der Waals surface area contributed by atoms with Gasteiger partial charge in [-0.3, -0.25) is 0 Å². The molecule has 3 aliphatic carbocycles. The van der Waals surface area contributed by atoms with Crippen molar-refractivity contribution in [1.82, 2.24) is 0 Å². The third-order valence-corrected chi connectivity index (χ3v) is 7.18. The summed E-state index contributed by atoms with van der Waals surface area (Å²) in [6.07, 6.45) is 4.85. The van der Waals surface area contributed by atoms with Crippen LogP contribution in [-0.2, 0) is 49.8 Å². The molecule has 0 atom stereocenters. The van der Waals surface area contributed by atoms with E-state index in [1.807, 2.05) is 0 Å². The molecule has 0 bridgehead atoms. The van der Waals surface area contributed by atoms with Crippen LogP contribution in [0.2, 0.25) is 0 Å². The third-order valence-electron chi connectivity index (χ3n) is 7.18. The van der Waals surface area contributed by atoms with Gasteiger partial charge in [-0.05, 0) is 113 Å². The van der Waals surface area contributed by atoms with Gasteiger partial charge in [0.15, 0.2) is 0 Å². The number of carbonyl (C=O) groups is 6. The topological polar surface area (TPSA) is 241 Å². The molecule has 37 heavy (non-hydrogen) atoms. The van der Waals surface area contributed by atoms with Crippen molar-refractivity contribution in [1.29, 1.82) is 0 Å². The summed E-state index contributed by atoms with van der Waals surface area (Å²) in [6, 6.07) is 0. The van der Waals surface area contributed by atoms with Gasteiger partial charge in [0.05, 0.1) is 0 Å². The number of hydrogen-bond donors (Lipinski definition) is 0. The molecule has 0 N–H and O–H groups in total. The first-order valence-corrected chi connectivity index (χ1v) is 12.1. The van der Waals surface area contributed by atoms with E-state index >= 15 is 0 Å². The van der Waals surface area contributed by atoms with Gasteiger partial charge in [-0.2, -0.15) is 0 Å². The van der Waals surface area contributed by atoms with E-state index in [1.54, 1.807) is 0 Å². The molecule has 3 aliphatic rings. The molecule has 0 aliphatic heterocycles. The molecule has 0 amide bonds. The van der Waals surface area contributed by atoms with Crippen LogP contribution in [0.3, 0.4) is 0 Å². The van der Waals surface area contributed by atoms with Crippen molar-refractivity contribution in [2.45, 2.75) is 77.0 Å². The van der Waals surface area contributed by atoms with Gasteiger partial charge in [-0.15, -0.1) is 0 Å². The monoisotopic (exact) mass is 608 g/mol. The van der Waals surface area contributed by atoms with Crippen molar-refractivity contribution in [2.24, 2.45) is 35.5 Å². The van der Waals surface area contributed by atoms with Crippen LogP contribution in [0.4, 0.5) is 0 Å². The standard InChI is InChI=1S/3C8H12O4.Mo/c3*9-7(10)5-1-2-6(4-3-5)8(11)12;/h3*5-6H,1-4H2,(H,9,10)(H,11,12);/p-6. The van der Waals surface area contributed by atoms with Gasteiger partial charge in [-0.25, -0.2) is 0 Å². The Morgan fingerprint density at radius 3 is 0.432 bits per heavy atom. The Bertz CT molecular complexity index is 619. The molecular weight excluding hydrogens is 576 g/mol. The summed E-state index contributed by atoms with van der Waals surface area (Å²) in [5.74, 6) is -9.13. The van der Waals surface area contributed by atoms with Crippen molar-refractivity contribution < 1.29 is 80.5 Å². The minimum atomic E-state index is -1.06. The van der Waals surface area contributed by atoms with E-state index in [-0.39, 0.29) is 21.1 Å². The fourth-order valence-corrected chi connectivity index (χ4v) is 4.69. The maximum absolute atomic E-state index is 10.4. The van der Waals surface area contributed by atoms with Crippen LogP contribution in [0.5, 0.6) is 0 Å². The molecule has 0 aromatic heterocycles. The first-order valence-electron chi connectivity index (χ1n) is 12.1. The van der Waals surface area contributed by atoms with E-state index in [9.17, 15) is 59.4 Å². The molecule has 0 aromatic rings. The molecule has 3 fully saturated rings. The average molecular weight is 606 g/mol. The summed E-state index contributed by atoms with van der Waals surface area (Å²) in [4.78, 5) is 62.1. The summed E-state index contributed by atoms with van der Waals surface area (Å²) < 4.78 is 0. The van der Waals surface area contributed by atoms with E-state index in [2.05, 4.69) is 0 Å². The minimum absolute atomic E-state index is 0. The first kappa shape index (κ1) is 34.5. The summed E-state index contributed by atoms with van der Waals surface area (Å²) in [6.45, 7) is 0. The normalized spacial score (nSPS) is 28.9. The Morgan fingerprint density at radius 1 is 0.297 bits per heavy atom. The molecule has 0 unspecified atom stereocenters. The smallest absolute Gasteiger partial charge is 0.0445 e. The summed E-state index contributed by atoms with van der Waals surface area (Å²) >= 11 is 0. The van der Waals surface area contributed by atoms with Crippen molar-refractivity contribution in [2.75, 3.05) is 0 Å². The van der Waals surface area contributed by atoms with E-state index in [0.29, 0.717) is 77.0 Å². The zero-order valence-corrected chi connectivity index (χ0v) is 22.3. The van der Waals surface area contributed by atoms with E-state index in [0.717, 1.165) is 0 Å². The predicted octanol–water partition coefficient (Wildman–Crippen LogP) is -5.12. The Hall–Kier alpha value is -2.49. The average Bonchev–Trinajstić information content (AvgIpc) is 2.84. The molecule has 13 heteroatoms.